The van der Waals surface area contributed by atoms with Gasteiger partial charge in [0.25, 0.3) is 0 Å². The average Bonchev–Trinajstić information content (AvgIpc) is 2.99. The van der Waals surface area contributed by atoms with Crippen LogP contribution in [0.3, 0.4) is 0 Å². The summed E-state index contributed by atoms with van der Waals surface area (Å²) in [6.07, 6.45) is 4.95. The van der Waals surface area contributed by atoms with Gasteiger partial charge in [0.2, 0.25) is 0 Å². The van der Waals surface area contributed by atoms with E-state index in [4.69, 9.17) is 23.2 Å². The summed E-state index contributed by atoms with van der Waals surface area (Å²) in [4.78, 5) is 0. The number of nitrogens with one attached hydrogen (secondary N) is 1. The molecule has 1 aliphatic heterocycles. The molecule has 4 rings (SSSR count). The lowest BCUT2D eigenvalue weighted by Gasteiger charge is -2.37. The van der Waals surface area contributed by atoms with Crippen LogP contribution in [0.4, 0.5) is 14.5 Å². The molecule has 0 bridgehead atoms. The minimum absolute atomic E-state index is 0.00379. The number of allylic oxidation sites excluding steroid dienone is 2. The predicted molar refractivity (Wildman–Crippen MR) is 89.2 cm³/mol. The molecular weight excluding hydrogens is 339 g/mol. The largest absolute Gasteiger partial charge is 0.375 e. The Labute approximate surface area is 142 Å². The number of fused-ring (bicyclic) bond motifs is 3. The SMILES string of the molecule is Fc1cc(F)c2c(c1)[C@@H]1C=CC[C@H]1[C@@H](c1ccc(Cl)c(Cl)c1)N2. The summed E-state index contributed by atoms with van der Waals surface area (Å²) in [7, 11) is 0. The summed E-state index contributed by atoms with van der Waals surface area (Å²) in [5.74, 6) is -0.921. The number of hydrogen-bond acceptors (Lipinski definition) is 1. The van der Waals surface area contributed by atoms with Crippen molar-refractivity contribution in [1.29, 1.82) is 0 Å². The third kappa shape index (κ3) is 2.43. The standard InChI is InChI=1S/C18H13Cl2F2N/c19-14-5-4-9(6-15(14)20)17-12-3-1-2-11(12)13-7-10(21)8-16(22)18(13)23-17/h1-2,4-8,11-12,17,23H,3H2/t11-,12-,17-/m1/s1. The molecule has 0 saturated carbocycles. The fraction of sp³-hybridized carbons (Fsp3) is 0.222. The van der Waals surface area contributed by atoms with Gasteiger partial charge in [-0.1, -0.05) is 41.4 Å². The van der Waals surface area contributed by atoms with Crippen molar-refractivity contribution in [2.24, 2.45) is 5.92 Å². The van der Waals surface area contributed by atoms with Gasteiger partial charge in [0.15, 0.2) is 0 Å². The zero-order valence-electron chi connectivity index (χ0n) is 12.0. The second-order valence-electron chi connectivity index (χ2n) is 6.00. The molecule has 2 aromatic carbocycles. The lowest BCUT2D eigenvalue weighted by Crippen LogP contribution is -2.29. The van der Waals surface area contributed by atoms with Crippen molar-refractivity contribution in [3.63, 3.8) is 0 Å². The van der Waals surface area contributed by atoms with Gasteiger partial charge in [0.1, 0.15) is 11.6 Å². The Morgan fingerprint density at radius 1 is 1.04 bits per heavy atom. The summed E-state index contributed by atoms with van der Waals surface area (Å²) >= 11 is 12.1. The number of anilines is 1. The van der Waals surface area contributed by atoms with E-state index < -0.39 is 11.6 Å². The minimum Gasteiger partial charge on any atom is -0.375 e. The first-order valence-electron chi connectivity index (χ1n) is 7.41. The molecule has 0 aromatic heterocycles. The van der Waals surface area contributed by atoms with Crippen LogP contribution >= 0.6 is 23.2 Å². The van der Waals surface area contributed by atoms with Crippen LogP contribution < -0.4 is 5.32 Å². The number of halogens is 4. The zero-order chi connectivity index (χ0) is 16.1. The first-order valence-corrected chi connectivity index (χ1v) is 8.17. The van der Waals surface area contributed by atoms with Gasteiger partial charge >= 0.3 is 0 Å². The molecule has 1 heterocycles. The summed E-state index contributed by atoms with van der Waals surface area (Å²) in [6.45, 7) is 0. The van der Waals surface area contributed by atoms with E-state index in [1.807, 2.05) is 18.2 Å². The van der Waals surface area contributed by atoms with Gasteiger partial charge in [-0.2, -0.15) is 0 Å². The van der Waals surface area contributed by atoms with Gasteiger partial charge in [0.05, 0.1) is 21.8 Å². The molecule has 2 aliphatic rings. The number of rotatable bonds is 1. The molecule has 1 N–H and O–H groups in total. The van der Waals surface area contributed by atoms with Crippen molar-refractivity contribution < 1.29 is 8.78 Å². The quantitative estimate of drug-likeness (QED) is 0.612. The average molecular weight is 352 g/mol. The van der Waals surface area contributed by atoms with Crippen LogP contribution in [0.25, 0.3) is 0 Å². The smallest absolute Gasteiger partial charge is 0.149 e. The Morgan fingerprint density at radius 3 is 2.65 bits per heavy atom. The van der Waals surface area contributed by atoms with Crippen molar-refractivity contribution in [3.8, 4) is 0 Å². The van der Waals surface area contributed by atoms with Gasteiger partial charge < -0.3 is 5.32 Å². The molecule has 5 heteroatoms. The van der Waals surface area contributed by atoms with Gasteiger partial charge in [-0.3, -0.25) is 0 Å². The van der Waals surface area contributed by atoms with Gasteiger partial charge in [-0.05, 0) is 41.7 Å². The Balaban J connectivity index is 1.82. The highest BCUT2D eigenvalue weighted by Crippen LogP contribution is 2.50. The maximum absolute atomic E-state index is 14.2. The molecule has 0 unspecified atom stereocenters. The van der Waals surface area contributed by atoms with Crippen molar-refractivity contribution >= 4 is 28.9 Å². The molecule has 118 valence electrons. The highest BCUT2D eigenvalue weighted by Gasteiger charge is 2.39. The third-order valence-electron chi connectivity index (χ3n) is 4.69. The molecule has 3 atom stereocenters. The van der Waals surface area contributed by atoms with Crippen LogP contribution in [0.1, 0.15) is 29.5 Å². The van der Waals surface area contributed by atoms with E-state index in [1.54, 1.807) is 6.07 Å². The Bertz CT molecular complexity index is 819. The van der Waals surface area contributed by atoms with Crippen LogP contribution in [0.2, 0.25) is 10.0 Å². The highest BCUT2D eigenvalue weighted by atomic mass is 35.5. The minimum atomic E-state index is -0.566. The second kappa shape index (κ2) is 5.50. The number of hydrogen-bond donors (Lipinski definition) is 1. The van der Waals surface area contributed by atoms with Crippen LogP contribution in [0.15, 0.2) is 42.5 Å². The zero-order valence-corrected chi connectivity index (χ0v) is 13.5. The van der Waals surface area contributed by atoms with E-state index in [9.17, 15) is 8.78 Å². The lowest BCUT2D eigenvalue weighted by atomic mass is 9.77. The fourth-order valence-electron chi connectivity index (χ4n) is 3.66. The molecule has 23 heavy (non-hydrogen) atoms. The van der Waals surface area contributed by atoms with Crippen molar-refractivity contribution in [2.75, 3.05) is 5.32 Å². The lowest BCUT2D eigenvalue weighted by molar-refractivity contribution is 0.418. The molecule has 0 amide bonds. The molecule has 0 saturated heterocycles. The molecule has 0 fully saturated rings. The monoisotopic (exact) mass is 351 g/mol. The summed E-state index contributed by atoms with van der Waals surface area (Å²) in [5, 5.41) is 4.20. The Kier molecular flexibility index (Phi) is 3.58. The first-order chi connectivity index (χ1) is 11.0. The molecule has 2 aromatic rings. The predicted octanol–water partition coefficient (Wildman–Crippen LogP) is 6.10. The third-order valence-corrected chi connectivity index (χ3v) is 5.43. The number of benzene rings is 2. The van der Waals surface area contributed by atoms with E-state index in [-0.39, 0.29) is 17.9 Å². The van der Waals surface area contributed by atoms with Crippen LogP contribution in [0.5, 0.6) is 0 Å². The molecular formula is C18H13Cl2F2N. The van der Waals surface area contributed by atoms with E-state index >= 15 is 0 Å². The van der Waals surface area contributed by atoms with Crippen LogP contribution in [0, 0.1) is 17.6 Å². The van der Waals surface area contributed by atoms with E-state index in [0.717, 1.165) is 18.1 Å². The molecule has 0 radical (unpaired) electrons. The van der Waals surface area contributed by atoms with Gasteiger partial charge in [-0.15, -0.1) is 0 Å². The molecule has 1 nitrogen and oxygen atoms in total. The maximum atomic E-state index is 14.2. The van der Waals surface area contributed by atoms with Crippen LogP contribution in [-0.2, 0) is 0 Å². The maximum Gasteiger partial charge on any atom is 0.149 e. The molecule has 1 aliphatic carbocycles. The van der Waals surface area contributed by atoms with E-state index in [2.05, 4.69) is 11.4 Å². The summed E-state index contributed by atoms with van der Waals surface area (Å²) in [6, 6.07) is 7.68. The van der Waals surface area contributed by atoms with E-state index in [0.29, 0.717) is 21.3 Å². The highest BCUT2D eigenvalue weighted by molar-refractivity contribution is 6.42. The van der Waals surface area contributed by atoms with Crippen molar-refractivity contribution in [2.45, 2.75) is 18.4 Å². The Morgan fingerprint density at radius 2 is 1.87 bits per heavy atom. The normalized spacial score (nSPS) is 25.0. The Hall–Kier alpha value is -1.58. The summed E-state index contributed by atoms with van der Waals surface area (Å²) in [5.41, 5.74) is 2.00. The van der Waals surface area contributed by atoms with Crippen LogP contribution in [-0.4, -0.2) is 0 Å². The molecule has 0 spiro atoms. The first kappa shape index (κ1) is 15.0. The topological polar surface area (TPSA) is 12.0 Å². The van der Waals surface area contributed by atoms with Gasteiger partial charge in [-0.25, -0.2) is 8.78 Å². The van der Waals surface area contributed by atoms with E-state index in [1.165, 1.54) is 6.07 Å². The van der Waals surface area contributed by atoms with Crippen molar-refractivity contribution in [3.05, 3.63) is 75.3 Å². The fourth-order valence-corrected chi connectivity index (χ4v) is 3.96. The summed E-state index contributed by atoms with van der Waals surface area (Å²) < 4.78 is 27.9. The van der Waals surface area contributed by atoms with Gasteiger partial charge in [0, 0.05) is 12.0 Å². The second-order valence-corrected chi connectivity index (χ2v) is 6.82. The van der Waals surface area contributed by atoms with Crippen molar-refractivity contribution in [1.82, 2.24) is 0 Å².